The predicted molar refractivity (Wildman–Crippen MR) is 57.2 cm³/mol. The number of anilines is 1. The van der Waals surface area contributed by atoms with E-state index in [1.165, 1.54) is 12.8 Å². The molecule has 1 saturated carbocycles. The van der Waals surface area contributed by atoms with Crippen molar-refractivity contribution in [1.82, 2.24) is 10.2 Å². The number of nitrogens with two attached hydrogens (primary N) is 1. The molecular weight excluding hydrogens is 192 g/mol. The second kappa shape index (κ2) is 4.18. The van der Waals surface area contributed by atoms with Crippen molar-refractivity contribution in [3.63, 3.8) is 0 Å². The first kappa shape index (κ1) is 10.4. The molecule has 1 heterocycles. The van der Waals surface area contributed by atoms with Crippen molar-refractivity contribution in [2.45, 2.75) is 39.3 Å². The van der Waals surface area contributed by atoms with Crippen molar-refractivity contribution >= 4 is 6.01 Å². The second-order valence-electron chi connectivity index (χ2n) is 4.37. The van der Waals surface area contributed by atoms with E-state index in [1.54, 1.807) is 0 Å². The number of aromatic nitrogens is 2. The largest absolute Gasteiger partial charge is 0.407 e. The minimum Gasteiger partial charge on any atom is -0.407 e. The third-order valence-electron chi connectivity index (χ3n) is 3.42. The van der Waals surface area contributed by atoms with E-state index in [1.807, 2.05) is 0 Å². The molecule has 5 heteroatoms. The molecule has 0 spiro atoms. The molecule has 5 nitrogen and oxygen atoms in total. The van der Waals surface area contributed by atoms with Crippen molar-refractivity contribution in [2.24, 2.45) is 17.6 Å². The highest BCUT2D eigenvalue weighted by atomic mass is 16.4. The Balaban J connectivity index is 1.97. The molecule has 1 aromatic heterocycles. The number of hydrogen-bond donors (Lipinski definition) is 2. The van der Waals surface area contributed by atoms with Gasteiger partial charge in [0.15, 0.2) is 0 Å². The number of rotatable bonds is 3. The smallest absolute Gasteiger partial charge is 0.315 e. The first-order valence-corrected chi connectivity index (χ1v) is 5.49. The molecular formula is C10H18N4O. The van der Waals surface area contributed by atoms with Gasteiger partial charge in [0, 0.05) is 6.04 Å². The fourth-order valence-electron chi connectivity index (χ4n) is 2.12. The summed E-state index contributed by atoms with van der Waals surface area (Å²) in [7, 11) is 0. The van der Waals surface area contributed by atoms with Crippen LogP contribution >= 0.6 is 0 Å². The predicted octanol–water partition coefficient (Wildman–Crippen LogP) is 1.37. The number of hydrogen-bond acceptors (Lipinski definition) is 5. The number of nitrogens with zero attached hydrogens (tertiary/aromatic N) is 2. The molecule has 0 aliphatic heterocycles. The lowest BCUT2D eigenvalue weighted by molar-refractivity contribution is 0.425. The van der Waals surface area contributed by atoms with Gasteiger partial charge in [0.1, 0.15) is 0 Å². The number of nitrogens with one attached hydrogen (secondary N) is 1. The highest BCUT2D eigenvalue weighted by Gasteiger charge is 2.30. The third-order valence-corrected chi connectivity index (χ3v) is 3.42. The Morgan fingerprint density at radius 2 is 2.20 bits per heavy atom. The Hall–Kier alpha value is -1.10. The van der Waals surface area contributed by atoms with E-state index < -0.39 is 0 Å². The molecule has 3 N–H and O–H groups in total. The van der Waals surface area contributed by atoms with Gasteiger partial charge >= 0.3 is 6.01 Å². The van der Waals surface area contributed by atoms with Gasteiger partial charge in [-0.25, -0.2) is 0 Å². The highest BCUT2D eigenvalue weighted by molar-refractivity contribution is 5.21. The highest BCUT2D eigenvalue weighted by Crippen LogP contribution is 2.32. The molecule has 2 rings (SSSR count). The zero-order chi connectivity index (χ0) is 10.8. The van der Waals surface area contributed by atoms with Gasteiger partial charge in [0.25, 0.3) is 0 Å². The molecule has 1 fully saturated rings. The van der Waals surface area contributed by atoms with Crippen molar-refractivity contribution in [3.05, 3.63) is 5.89 Å². The van der Waals surface area contributed by atoms with Crippen LogP contribution in [0.15, 0.2) is 4.42 Å². The summed E-state index contributed by atoms with van der Waals surface area (Å²) in [5, 5.41) is 11.0. The summed E-state index contributed by atoms with van der Waals surface area (Å²) in [5.41, 5.74) is 5.40. The maximum atomic E-state index is 5.40. The van der Waals surface area contributed by atoms with E-state index in [-0.39, 0.29) is 0 Å². The van der Waals surface area contributed by atoms with Crippen molar-refractivity contribution in [3.8, 4) is 0 Å². The average Bonchev–Trinajstić information content (AvgIpc) is 2.80. The molecule has 0 bridgehead atoms. The van der Waals surface area contributed by atoms with Crippen LogP contribution in [0.4, 0.5) is 6.01 Å². The lowest BCUT2D eigenvalue weighted by Gasteiger charge is -2.17. The van der Waals surface area contributed by atoms with Gasteiger partial charge in [-0.1, -0.05) is 18.9 Å². The lowest BCUT2D eigenvalue weighted by Crippen LogP contribution is -2.24. The minimum atomic E-state index is 0.297. The molecule has 0 aromatic carbocycles. The zero-order valence-electron chi connectivity index (χ0n) is 9.23. The fourth-order valence-corrected chi connectivity index (χ4v) is 2.12. The first-order chi connectivity index (χ1) is 7.20. The van der Waals surface area contributed by atoms with Crippen molar-refractivity contribution in [1.29, 1.82) is 0 Å². The average molecular weight is 210 g/mol. The molecule has 15 heavy (non-hydrogen) atoms. The van der Waals surface area contributed by atoms with Gasteiger partial charge in [-0.05, 0) is 24.7 Å². The minimum absolute atomic E-state index is 0.297. The van der Waals surface area contributed by atoms with E-state index in [2.05, 4.69) is 29.4 Å². The van der Waals surface area contributed by atoms with E-state index in [0.717, 1.165) is 5.92 Å². The van der Waals surface area contributed by atoms with Crippen molar-refractivity contribution in [2.75, 3.05) is 5.32 Å². The summed E-state index contributed by atoms with van der Waals surface area (Å²) < 4.78 is 5.32. The second-order valence-corrected chi connectivity index (χ2v) is 4.37. The lowest BCUT2D eigenvalue weighted by atomic mass is 9.98. The molecule has 1 aromatic rings. The van der Waals surface area contributed by atoms with E-state index in [4.69, 9.17) is 10.2 Å². The van der Waals surface area contributed by atoms with Crippen LogP contribution in [0, 0.1) is 11.8 Å². The molecule has 84 valence electrons. The molecule has 1 aliphatic rings. The molecule has 3 unspecified atom stereocenters. The van der Waals surface area contributed by atoms with E-state index in [0.29, 0.717) is 30.4 Å². The monoisotopic (exact) mass is 210 g/mol. The molecule has 0 saturated heterocycles. The van der Waals surface area contributed by atoms with Crippen molar-refractivity contribution < 1.29 is 4.42 Å². The van der Waals surface area contributed by atoms with Gasteiger partial charge in [0.05, 0.1) is 6.54 Å². The van der Waals surface area contributed by atoms with Crippen LogP contribution in [0.25, 0.3) is 0 Å². The van der Waals surface area contributed by atoms with Crippen LogP contribution in [0.3, 0.4) is 0 Å². The van der Waals surface area contributed by atoms with Gasteiger partial charge in [0.2, 0.25) is 5.89 Å². The van der Waals surface area contributed by atoms with Gasteiger partial charge in [-0.15, -0.1) is 5.10 Å². The summed E-state index contributed by atoms with van der Waals surface area (Å²) in [4.78, 5) is 0. The Morgan fingerprint density at radius 3 is 2.73 bits per heavy atom. The quantitative estimate of drug-likeness (QED) is 0.788. The van der Waals surface area contributed by atoms with E-state index in [9.17, 15) is 0 Å². The molecule has 1 aliphatic carbocycles. The summed E-state index contributed by atoms with van der Waals surface area (Å²) in [6.07, 6.45) is 2.43. The van der Waals surface area contributed by atoms with Crippen LogP contribution in [0.5, 0.6) is 0 Å². The Kier molecular flexibility index (Phi) is 2.90. The summed E-state index contributed by atoms with van der Waals surface area (Å²) in [5.74, 6) is 1.90. The summed E-state index contributed by atoms with van der Waals surface area (Å²) in [6.45, 7) is 4.84. The van der Waals surface area contributed by atoms with Crippen LogP contribution < -0.4 is 11.1 Å². The van der Waals surface area contributed by atoms with Crippen LogP contribution in [0.1, 0.15) is 32.6 Å². The third kappa shape index (κ3) is 2.12. The SMILES string of the molecule is CC1CCC(Nc2nnc(CN)o2)C1C. The maximum Gasteiger partial charge on any atom is 0.315 e. The van der Waals surface area contributed by atoms with E-state index >= 15 is 0 Å². The molecule has 3 atom stereocenters. The maximum absolute atomic E-state index is 5.40. The summed E-state index contributed by atoms with van der Waals surface area (Å²) in [6, 6.07) is 0.951. The topological polar surface area (TPSA) is 77.0 Å². The van der Waals surface area contributed by atoms with Crippen LogP contribution in [-0.4, -0.2) is 16.2 Å². The zero-order valence-corrected chi connectivity index (χ0v) is 9.23. The molecule has 0 amide bonds. The molecule has 0 radical (unpaired) electrons. The Morgan fingerprint density at radius 1 is 1.40 bits per heavy atom. The van der Waals surface area contributed by atoms with Gasteiger partial charge in [-0.3, -0.25) is 0 Å². The standard InChI is InChI=1S/C10H18N4O/c1-6-3-4-8(7(6)2)12-10-14-13-9(5-11)15-10/h6-8H,3-5,11H2,1-2H3,(H,12,14). The summed E-state index contributed by atoms with van der Waals surface area (Å²) >= 11 is 0. The van der Waals surface area contributed by atoms with Crippen LogP contribution in [-0.2, 0) is 6.54 Å². The Bertz CT molecular complexity index is 325. The normalized spacial score (nSPS) is 30.7. The van der Waals surface area contributed by atoms with Gasteiger partial charge < -0.3 is 15.5 Å². The fraction of sp³-hybridized carbons (Fsp3) is 0.800. The van der Waals surface area contributed by atoms with Crippen LogP contribution in [0.2, 0.25) is 0 Å². The first-order valence-electron chi connectivity index (χ1n) is 5.49. The van der Waals surface area contributed by atoms with Gasteiger partial charge in [-0.2, -0.15) is 0 Å². The Labute approximate surface area is 89.4 Å².